The van der Waals surface area contributed by atoms with Crippen LogP contribution in [0.5, 0.6) is 0 Å². The highest BCUT2D eigenvalue weighted by atomic mass is 32.1. The Balaban J connectivity index is 1.78. The highest BCUT2D eigenvalue weighted by molar-refractivity contribution is 7.11. The molecule has 0 radical (unpaired) electrons. The predicted octanol–water partition coefficient (Wildman–Crippen LogP) is 3.24. The standard InChI is InChI=1S/C15H22N4S2/c1-4-13-8-17-14(21-13)9-19-15(16-3)18-7-11(2)12-5-6-20-10-12/h5-6,8,10-11H,4,7,9H2,1-3H3,(H2,16,18,19). The second-order valence-corrected chi connectivity index (χ2v) is 6.82. The van der Waals surface area contributed by atoms with Gasteiger partial charge < -0.3 is 10.6 Å². The zero-order valence-electron chi connectivity index (χ0n) is 12.7. The van der Waals surface area contributed by atoms with E-state index in [1.807, 2.05) is 6.20 Å². The van der Waals surface area contributed by atoms with Crippen molar-refractivity contribution in [2.24, 2.45) is 4.99 Å². The molecule has 0 saturated carbocycles. The minimum atomic E-state index is 0.473. The highest BCUT2D eigenvalue weighted by Gasteiger charge is 2.07. The van der Waals surface area contributed by atoms with Crippen LogP contribution in [0.4, 0.5) is 0 Å². The van der Waals surface area contributed by atoms with Gasteiger partial charge in [0.1, 0.15) is 5.01 Å². The van der Waals surface area contributed by atoms with Gasteiger partial charge in [-0.05, 0) is 34.7 Å². The molecule has 21 heavy (non-hydrogen) atoms. The summed E-state index contributed by atoms with van der Waals surface area (Å²) in [6.45, 7) is 5.96. The Kier molecular flexibility index (Phi) is 6.20. The van der Waals surface area contributed by atoms with E-state index < -0.39 is 0 Å². The van der Waals surface area contributed by atoms with E-state index in [4.69, 9.17) is 0 Å². The average molecular weight is 323 g/mol. The molecule has 0 aliphatic rings. The molecular weight excluding hydrogens is 300 g/mol. The fourth-order valence-electron chi connectivity index (χ4n) is 1.90. The molecular formula is C15H22N4S2. The number of hydrogen-bond donors (Lipinski definition) is 2. The summed E-state index contributed by atoms with van der Waals surface area (Å²) in [6, 6.07) is 2.18. The first-order valence-corrected chi connectivity index (χ1v) is 8.89. The summed E-state index contributed by atoms with van der Waals surface area (Å²) in [6.07, 6.45) is 3.00. The van der Waals surface area contributed by atoms with Crippen LogP contribution in [0.1, 0.15) is 35.2 Å². The maximum atomic E-state index is 4.40. The van der Waals surface area contributed by atoms with Crippen LogP contribution in [0.2, 0.25) is 0 Å². The Hall–Kier alpha value is -1.40. The molecule has 6 heteroatoms. The summed E-state index contributed by atoms with van der Waals surface area (Å²) in [4.78, 5) is 9.98. The Morgan fingerprint density at radius 3 is 2.90 bits per heavy atom. The van der Waals surface area contributed by atoms with Gasteiger partial charge >= 0.3 is 0 Å². The van der Waals surface area contributed by atoms with E-state index in [2.05, 4.69) is 51.3 Å². The van der Waals surface area contributed by atoms with Crippen LogP contribution >= 0.6 is 22.7 Å². The van der Waals surface area contributed by atoms with E-state index in [1.54, 1.807) is 29.7 Å². The van der Waals surface area contributed by atoms with E-state index in [1.165, 1.54) is 10.4 Å². The number of guanidine groups is 1. The number of nitrogens with one attached hydrogen (secondary N) is 2. The molecule has 0 spiro atoms. The van der Waals surface area contributed by atoms with Gasteiger partial charge in [-0.3, -0.25) is 4.99 Å². The Labute approximate surface area is 134 Å². The molecule has 0 saturated heterocycles. The average Bonchev–Trinajstić information content (AvgIpc) is 3.18. The predicted molar refractivity (Wildman–Crippen MR) is 92.4 cm³/mol. The van der Waals surface area contributed by atoms with Crippen molar-refractivity contribution in [3.8, 4) is 0 Å². The number of rotatable bonds is 6. The second kappa shape index (κ2) is 8.14. The van der Waals surface area contributed by atoms with Crippen molar-refractivity contribution in [2.75, 3.05) is 13.6 Å². The molecule has 2 aromatic heterocycles. The number of nitrogens with zero attached hydrogens (tertiary/aromatic N) is 2. The van der Waals surface area contributed by atoms with E-state index >= 15 is 0 Å². The van der Waals surface area contributed by atoms with Gasteiger partial charge in [0.25, 0.3) is 0 Å². The lowest BCUT2D eigenvalue weighted by Gasteiger charge is -2.14. The fraction of sp³-hybridized carbons (Fsp3) is 0.467. The highest BCUT2D eigenvalue weighted by Crippen LogP contribution is 2.17. The topological polar surface area (TPSA) is 49.3 Å². The number of thiazole rings is 1. The third-order valence-electron chi connectivity index (χ3n) is 3.27. The van der Waals surface area contributed by atoms with Gasteiger partial charge in [-0.25, -0.2) is 4.98 Å². The minimum Gasteiger partial charge on any atom is -0.356 e. The molecule has 2 N–H and O–H groups in total. The van der Waals surface area contributed by atoms with Gasteiger partial charge in [-0.15, -0.1) is 11.3 Å². The molecule has 4 nitrogen and oxygen atoms in total. The molecule has 2 rings (SSSR count). The van der Waals surface area contributed by atoms with Crippen LogP contribution in [0.3, 0.4) is 0 Å². The number of aliphatic imine (C=N–C) groups is 1. The van der Waals surface area contributed by atoms with Crippen LogP contribution in [-0.2, 0) is 13.0 Å². The summed E-state index contributed by atoms with van der Waals surface area (Å²) in [5, 5.41) is 12.1. The Bertz CT molecular complexity index is 560. The zero-order valence-corrected chi connectivity index (χ0v) is 14.4. The van der Waals surface area contributed by atoms with Gasteiger partial charge in [0, 0.05) is 24.7 Å². The number of aromatic nitrogens is 1. The van der Waals surface area contributed by atoms with Gasteiger partial charge in [0.2, 0.25) is 0 Å². The first-order valence-electron chi connectivity index (χ1n) is 7.13. The lowest BCUT2D eigenvalue weighted by molar-refractivity contribution is 0.700. The lowest BCUT2D eigenvalue weighted by Crippen LogP contribution is -2.38. The van der Waals surface area contributed by atoms with Crippen molar-refractivity contribution < 1.29 is 0 Å². The van der Waals surface area contributed by atoms with Crippen molar-refractivity contribution in [1.82, 2.24) is 15.6 Å². The summed E-state index contributed by atoms with van der Waals surface area (Å²) in [5.41, 5.74) is 1.37. The molecule has 0 amide bonds. The van der Waals surface area contributed by atoms with Crippen molar-refractivity contribution >= 4 is 28.6 Å². The first kappa shape index (κ1) is 16.0. The molecule has 0 aliphatic carbocycles. The van der Waals surface area contributed by atoms with Crippen molar-refractivity contribution in [3.63, 3.8) is 0 Å². The summed E-state index contributed by atoms with van der Waals surface area (Å²) < 4.78 is 0. The molecule has 0 bridgehead atoms. The minimum absolute atomic E-state index is 0.473. The van der Waals surface area contributed by atoms with Crippen molar-refractivity contribution in [2.45, 2.75) is 32.7 Å². The van der Waals surface area contributed by atoms with Crippen molar-refractivity contribution in [1.29, 1.82) is 0 Å². The van der Waals surface area contributed by atoms with Crippen LogP contribution < -0.4 is 10.6 Å². The number of thiophene rings is 1. The number of aryl methyl sites for hydroxylation is 1. The third kappa shape index (κ3) is 4.82. The molecule has 0 aromatic carbocycles. The number of hydrogen-bond acceptors (Lipinski definition) is 4. The molecule has 1 atom stereocenters. The van der Waals surface area contributed by atoms with E-state index in [0.717, 1.165) is 30.5 Å². The lowest BCUT2D eigenvalue weighted by atomic mass is 10.1. The van der Waals surface area contributed by atoms with Crippen LogP contribution in [0.25, 0.3) is 0 Å². The zero-order chi connectivity index (χ0) is 15.1. The smallest absolute Gasteiger partial charge is 0.191 e. The monoisotopic (exact) mass is 322 g/mol. The molecule has 0 aliphatic heterocycles. The second-order valence-electron chi connectivity index (χ2n) is 4.84. The molecule has 2 heterocycles. The molecule has 114 valence electrons. The largest absolute Gasteiger partial charge is 0.356 e. The molecule has 0 fully saturated rings. The van der Waals surface area contributed by atoms with E-state index in [9.17, 15) is 0 Å². The fourth-order valence-corrected chi connectivity index (χ4v) is 3.48. The SMILES string of the molecule is CCc1cnc(CNC(=NC)NCC(C)c2ccsc2)s1. The summed E-state index contributed by atoms with van der Waals surface area (Å²) in [7, 11) is 1.80. The van der Waals surface area contributed by atoms with Crippen LogP contribution in [-0.4, -0.2) is 24.5 Å². The van der Waals surface area contributed by atoms with Crippen LogP contribution in [0.15, 0.2) is 28.0 Å². The van der Waals surface area contributed by atoms with E-state index in [0.29, 0.717) is 5.92 Å². The van der Waals surface area contributed by atoms with Gasteiger partial charge in [0.05, 0.1) is 6.54 Å². The summed E-state index contributed by atoms with van der Waals surface area (Å²) >= 11 is 3.49. The quantitative estimate of drug-likeness (QED) is 0.634. The van der Waals surface area contributed by atoms with Gasteiger partial charge in [-0.2, -0.15) is 11.3 Å². The maximum Gasteiger partial charge on any atom is 0.191 e. The van der Waals surface area contributed by atoms with Gasteiger partial charge in [-0.1, -0.05) is 13.8 Å². The van der Waals surface area contributed by atoms with E-state index in [-0.39, 0.29) is 0 Å². The first-order chi connectivity index (χ1) is 10.2. The Morgan fingerprint density at radius 2 is 2.29 bits per heavy atom. The third-order valence-corrected chi connectivity index (χ3v) is 5.11. The normalized spacial score (nSPS) is 13.2. The van der Waals surface area contributed by atoms with Gasteiger partial charge in [0.15, 0.2) is 5.96 Å². The molecule has 2 aromatic rings. The van der Waals surface area contributed by atoms with Crippen LogP contribution in [0, 0.1) is 0 Å². The Morgan fingerprint density at radius 1 is 1.43 bits per heavy atom. The summed E-state index contributed by atoms with van der Waals surface area (Å²) in [5.74, 6) is 1.30. The van der Waals surface area contributed by atoms with Crippen molar-refractivity contribution in [3.05, 3.63) is 38.5 Å². The maximum absolute atomic E-state index is 4.40. The molecule has 1 unspecified atom stereocenters.